The van der Waals surface area contributed by atoms with E-state index in [1.54, 1.807) is 58.0 Å². The summed E-state index contributed by atoms with van der Waals surface area (Å²) in [5, 5.41) is 43.9. The van der Waals surface area contributed by atoms with Gasteiger partial charge < -0.3 is 62.9 Å². The van der Waals surface area contributed by atoms with Crippen molar-refractivity contribution in [1.82, 2.24) is 51.8 Å². The molecule has 0 radical (unpaired) electrons. The number of carbonyl (C=O) groups excluding carboxylic acids is 6. The summed E-state index contributed by atoms with van der Waals surface area (Å²) in [6.45, 7) is 6.83. The lowest BCUT2D eigenvalue weighted by atomic mass is 9.96. The second-order valence-corrected chi connectivity index (χ2v) is 16.0. The molecule has 3 rings (SSSR count). The molecule has 2 aromatic heterocycles. The molecule has 1 aromatic carbocycles. The monoisotopic (exact) mass is 923 g/mol. The number of nitrogens with zero attached hydrogens (tertiary/aromatic N) is 2. The molecule has 66 heavy (non-hydrogen) atoms. The molecule has 0 aliphatic rings. The Morgan fingerprint density at radius 3 is 1.45 bits per heavy atom. The number of aromatic amines is 2. The Labute approximate surface area is 380 Å². The van der Waals surface area contributed by atoms with Gasteiger partial charge in [0, 0.05) is 55.9 Å². The summed E-state index contributed by atoms with van der Waals surface area (Å²) in [6.07, 6.45) is 4.09. The molecule has 2 heterocycles. The second-order valence-electron chi connectivity index (χ2n) is 16.0. The molecule has 0 aliphatic heterocycles. The Balaban J connectivity index is 1.93. The summed E-state index contributed by atoms with van der Waals surface area (Å²) in [7, 11) is 0. The van der Waals surface area contributed by atoms with Gasteiger partial charge in [-0.05, 0) is 30.2 Å². The van der Waals surface area contributed by atoms with Crippen molar-refractivity contribution < 1.29 is 58.5 Å². The van der Waals surface area contributed by atoms with Crippen LogP contribution in [-0.2, 0) is 62.4 Å². The van der Waals surface area contributed by atoms with Crippen LogP contribution in [0.1, 0.15) is 83.2 Å². The van der Waals surface area contributed by atoms with Gasteiger partial charge in [-0.3, -0.25) is 38.4 Å². The molecule has 23 heteroatoms. The van der Waals surface area contributed by atoms with Crippen molar-refractivity contribution in [3.8, 4) is 0 Å². The average Bonchev–Trinajstić information content (AvgIpc) is 4.01. The molecule has 13 N–H and O–H groups in total. The van der Waals surface area contributed by atoms with E-state index in [2.05, 4.69) is 51.8 Å². The first-order valence-corrected chi connectivity index (χ1v) is 21.6. The van der Waals surface area contributed by atoms with Crippen molar-refractivity contribution >= 4 is 53.4 Å². The molecule has 0 bridgehead atoms. The van der Waals surface area contributed by atoms with Crippen LogP contribution < -0.4 is 37.6 Å². The molecule has 23 nitrogen and oxygen atoms in total. The molecule has 0 spiro atoms. The third-order valence-electron chi connectivity index (χ3n) is 11.0. The largest absolute Gasteiger partial charge is 0.481 e. The van der Waals surface area contributed by atoms with E-state index in [0.29, 0.717) is 29.8 Å². The third kappa shape index (κ3) is 17.4. The van der Waals surface area contributed by atoms with E-state index in [-0.39, 0.29) is 25.7 Å². The molecule has 0 fully saturated rings. The lowest BCUT2D eigenvalue weighted by Gasteiger charge is -2.29. The van der Waals surface area contributed by atoms with E-state index in [0.717, 1.165) is 0 Å². The number of rotatable bonds is 29. The molecule has 0 saturated carbocycles. The number of benzene rings is 1. The van der Waals surface area contributed by atoms with E-state index >= 15 is 0 Å². The molecule has 9 atom stereocenters. The number of carboxylic acids is 3. The summed E-state index contributed by atoms with van der Waals surface area (Å²) >= 11 is 0. The fourth-order valence-electron chi connectivity index (χ4n) is 6.63. The van der Waals surface area contributed by atoms with Crippen LogP contribution in [-0.4, -0.2) is 131 Å². The van der Waals surface area contributed by atoms with Crippen molar-refractivity contribution in [2.75, 3.05) is 0 Å². The molecule has 0 saturated heterocycles. The predicted molar refractivity (Wildman–Crippen MR) is 235 cm³/mol. The number of H-pyrrole nitrogens is 2. The Hall–Kier alpha value is -7.17. The first kappa shape index (κ1) is 53.2. The molecule has 0 unspecified atom stereocenters. The summed E-state index contributed by atoms with van der Waals surface area (Å²) in [5.74, 6) is -10.0. The van der Waals surface area contributed by atoms with Gasteiger partial charge in [-0.25, -0.2) is 14.8 Å². The maximum absolute atomic E-state index is 14.3. The van der Waals surface area contributed by atoms with Gasteiger partial charge in [-0.15, -0.1) is 0 Å². The number of imidazole rings is 2. The van der Waals surface area contributed by atoms with E-state index in [4.69, 9.17) is 10.8 Å². The van der Waals surface area contributed by atoms with E-state index < -0.39 is 127 Å². The SMILES string of the molecule is CC[C@H](C)[C@H](NC(=O)[C@H](Cc1ccccc1)NC(=O)[C@H](Cc1cnc[nH]1)NC(=O)[C@H](CCC(=O)O)NC(=O)[C@@H](NC(=O)[C@@H](N)CCC(=O)O)[C@@H](C)CC)C(=O)N[C@@H](Cc1cnc[nH]1)C(=O)O. The zero-order valence-electron chi connectivity index (χ0n) is 37.2. The van der Waals surface area contributed by atoms with Crippen LogP contribution in [0.25, 0.3) is 0 Å². The number of nitrogens with two attached hydrogens (primary N) is 1. The van der Waals surface area contributed by atoms with Gasteiger partial charge >= 0.3 is 17.9 Å². The Morgan fingerprint density at radius 2 is 0.985 bits per heavy atom. The first-order valence-electron chi connectivity index (χ1n) is 21.6. The van der Waals surface area contributed by atoms with Crippen molar-refractivity contribution in [1.29, 1.82) is 0 Å². The minimum absolute atomic E-state index is 0.102. The van der Waals surface area contributed by atoms with Crippen molar-refractivity contribution in [3.05, 3.63) is 72.3 Å². The van der Waals surface area contributed by atoms with Crippen LogP contribution >= 0.6 is 0 Å². The molecule has 360 valence electrons. The second kappa shape index (κ2) is 26.6. The highest BCUT2D eigenvalue weighted by Crippen LogP contribution is 2.14. The van der Waals surface area contributed by atoms with Crippen molar-refractivity contribution in [2.45, 2.75) is 128 Å². The van der Waals surface area contributed by atoms with Gasteiger partial charge in [0.25, 0.3) is 0 Å². The molecule has 3 aromatic rings. The van der Waals surface area contributed by atoms with E-state index in [1.165, 1.54) is 25.0 Å². The van der Waals surface area contributed by atoms with Crippen LogP contribution in [0.5, 0.6) is 0 Å². The minimum atomic E-state index is -1.57. The number of hydrogen-bond acceptors (Lipinski definition) is 12. The highest BCUT2D eigenvalue weighted by Gasteiger charge is 2.36. The maximum Gasteiger partial charge on any atom is 0.326 e. The first-order chi connectivity index (χ1) is 31.3. The van der Waals surface area contributed by atoms with Gasteiger partial charge in [-0.1, -0.05) is 70.9 Å². The molecule has 0 aliphatic carbocycles. The Bertz CT molecular complexity index is 2090. The smallest absolute Gasteiger partial charge is 0.326 e. The Morgan fingerprint density at radius 1 is 0.561 bits per heavy atom. The van der Waals surface area contributed by atoms with Crippen LogP contribution in [0.3, 0.4) is 0 Å². The van der Waals surface area contributed by atoms with Gasteiger partial charge in [0.2, 0.25) is 35.4 Å². The van der Waals surface area contributed by atoms with Gasteiger partial charge in [0.15, 0.2) is 0 Å². The van der Waals surface area contributed by atoms with Crippen LogP contribution in [0.4, 0.5) is 0 Å². The fourth-order valence-corrected chi connectivity index (χ4v) is 6.63. The number of hydrogen-bond donors (Lipinski definition) is 12. The summed E-state index contributed by atoms with van der Waals surface area (Å²) in [4.78, 5) is 132. The van der Waals surface area contributed by atoms with Gasteiger partial charge in [-0.2, -0.15) is 0 Å². The highest BCUT2D eigenvalue weighted by molar-refractivity contribution is 5.97. The number of nitrogens with one attached hydrogen (secondary N) is 8. The van der Waals surface area contributed by atoms with Crippen LogP contribution in [0.2, 0.25) is 0 Å². The summed E-state index contributed by atoms with van der Waals surface area (Å²) in [6, 6.07) is -1.07. The minimum Gasteiger partial charge on any atom is -0.481 e. The quantitative estimate of drug-likeness (QED) is 0.0410. The summed E-state index contributed by atoms with van der Waals surface area (Å²) < 4.78 is 0. The molecule has 6 amide bonds. The lowest BCUT2D eigenvalue weighted by molar-refractivity contribution is -0.142. The molecular formula is C43H61N11O12. The van der Waals surface area contributed by atoms with Crippen LogP contribution in [0, 0.1) is 11.8 Å². The van der Waals surface area contributed by atoms with Crippen LogP contribution in [0.15, 0.2) is 55.4 Å². The van der Waals surface area contributed by atoms with E-state index in [9.17, 15) is 53.4 Å². The number of carbonyl (C=O) groups is 9. The summed E-state index contributed by atoms with van der Waals surface area (Å²) in [5.41, 5.74) is 7.29. The Kier molecular flexibility index (Phi) is 21.4. The third-order valence-corrected chi connectivity index (χ3v) is 11.0. The lowest BCUT2D eigenvalue weighted by Crippen LogP contribution is -2.61. The zero-order valence-corrected chi connectivity index (χ0v) is 37.2. The number of aliphatic carboxylic acids is 3. The predicted octanol–water partition coefficient (Wildman–Crippen LogP) is -0.697. The van der Waals surface area contributed by atoms with Crippen molar-refractivity contribution in [3.63, 3.8) is 0 Å². The average molecular weight is 924 g/mol. The standard InChI is InChI=1S/C43H61N11O12/c1-5-23(3)35(53-37(59)28(44)12-14-33(55)56)41(63)49-29(13-15-34(57)58)38(60)51-31(17-26-19-45-21-47-26)39(61)50-30(16-25-10-8-7-9-11-25)40(62)54-36(24(4)6-2)42(64)52-32(43(65)66)18-27-20-46-22-48-27/h7-11,19-24,28-32,35-36H,5-6,12-18,44H2,1-4H3,(H,45,47)(H,46,48)(H,49,63)(H,50,61)(H,51,60)(H,52,64)(H,53,59)(H,54,62)(H,55,56)(H,57,58)(H,65,66)/t23-,24-,28-,29-,30-,31-,32-,35-,36-/m0/s1. The maximum atomic E-state index is 14.3. The number of carboxylic acid groups (broad SMARTS) is 3. The molecular weight excluding hydrogens is 863 g/mol. The number of amides is 6. The highest BCUT2D eigenvalue weighted by atomic mass is 16.4. The fraction of sp³-hybridized carbons (Fsp3) is 0.512. The van der Waals surface area contributed by atoms with Crippen molar-refractivity contribution in [2.24, 2.45) is 17.6 Å². The van der Waals surface area contributed by atoms with E-state index in [1.807, 2.05) is 0 Å². The van der Waals surface area contributed by atoms with Gasteiger partial charge in [0.1, 0.15) is 36.3 Å². The van der Waals surface area contributed by atoms with Gasteiger partial charge in [0.05, 0.1) is 18.7 Å². The zero-order chi connectivity index (χ0) is 48.9. The normalized spacial score (nSPS) is 15.2. The topological polar surface area (TPSA) is 370 Å². The number of aromatic nitrogens is 4.